The summed E-state index contributed by atoms with van der Waals surface area (Å²) in [5.41, 5.74) is -0.455. The molecule has 7 heteroatoms. The van der Waals surface area contributed by atoms with E-state index in [1.165, 1.54) is 24.2 Å². The molecule has 0 N–H and O–H groups in total. The molecule has 1 aromatic heterocycles. The molecule has 0 saturated carbocycles. The summed E-state index contributed by atoms with van der Waals surface area (Å²) < 4.78 is 18.1. The Morgan fingerprint density at radius 2 is 1.95 bits per heavy atom. The number of thioether (sulfide) groups is 1. The molecule has 1 aliphatic rings. The topological polar surface area (TPSA) is 55.3 Å². The van der Waals surface area contributed by atoms with Gasteiger partial charge in [0.05, 0.1) is 12.4 Å². The third-order valence-electron chi connectivity index (χ3n) is 3.31. The lowest BCUT2D eigenvalue weighted by molar-refractivity contribution is 0.0191. The lowest BCUT2D eigenvalue weighted by Gasteiger charge is -2.33. The van der Waals surface area contributed by atoms with Crippen molar-refractivity contribution in [2.24, 2.45) is 5.92 Å². The highest BCUT2D eigenvalue weighted by atomic mass is 32.2. The second-order valence-corrected chi connectivity index (χ2v) is 7.39. The predicted molar refractivity (Wildman–Crippen MR) is 83.2 cm³/mol. The van der Waals surface area contributed by atoms with Crippen molar-refractivity contribution in [1.29, 1.82) is 0 Å². The Hall–Kier alpha value is -1.37. The van der Waals surface area contributed by atoms with Crippen LogP contribution < -0.4 is 0 Å². The van der Waals surface area contributed by atoms with Gasteiger partial charge in [-0.1, -0.05) is 11.8 Å². The molecule has 0 aliphatic carbocycles. The van der Waals surface area contributed by atoms with E-state index in [0.29, 0.717) is 24.2 Å². The molecule has 0 aromatic carbocycles. The lowest BCUT2D eigenvalue weighted by Crippen LogP contribution is -2.42. The number of likely N-dealkylation sites (tertiary alicyclic amines) is 1. The van der Waals surface area contributed by atoms with Gasteiger partial charge in [-0.25, -0.2) is 19.2 Å². The van der Waals surface area contributed by atoms with Crippen LogP contribution in [0.25, 0.3) is 0 Å². The largest absolute Gasteiger partial charge is 0.444 e. The van der Waals surface area contributed by atoms with Crippen LogP contribution in [0.5, 0.6) is 0 Å². The van der Waals surface area contributed by atoms with E-state index in [9.17, 15) is 9.18 Å². The molecule has 1 aliphatic heterocycles. The van der Waals surface area contributed by atoms with E-state index in [-0.39, 0.29) is 6.09 Å². The maximum atomic E-state index is 12.7. The monoisotopic (exact) mass is 327 g/mol. The van der Waals surface area contributed by atoms with E-state index in [1.807, 2.05) is 20.8 Å². The summed E-state index contributed by atoms with van der Waals surface area (Å²) in [5, 5.41) is 0.593. The number of halogens is 1. The first-order chi connectivity index (χ1) is 10.3. The van der Waals surface area contributed by atoms with Gasteiger partial charge in [-0.15, -0.1) is 0 Å². The second-order valence-electron chi connectivity index (χ2n) is 6.41. The number of rotatable bonds is 3. The average Bonchev–Trinajstić information content (AvgIpc) is 2.45. The van der Waals surface area contributed by atoms with Crippen molar-refractivity contribution in [2.45, 2.75) is 44.4 Å². The van der Waals surface area contributed by atoms with Gasteiger partial charge in [0, 0.05) is 18.8 Å². The Balaban J connectivity index is 1.73. The summed E-state index contributed by atoms with van der Waals surface area (Å²) in [4.78, 5) is 21.6. The maximum absolute atomic E-state index is 12.7. The fourth-order valence-corrected chi connectivity index (χ4v) is 3.15. The molecular weight excluding hydrogens is 305 g/mol. The van der Waals surface area contributed by atoms with Gasteiger partial charge in [-0.3, -0.25) is 0 Å². The number of aromatic nitrogens is 2. The van der Waals surface area contributed by atoms with Gasteiger partial charge in [0.15, 0.2) is 11.0 Å². The molecule has 1 amide bonds. The third-order valence-corrected chi connectivity index (χ3v) is 4.42. The van der Waals surface area contributed by atoms with Gasteiger partial charge in [0.25, 0.3) is 0 Å². The second kappa shape index (κ2) is 7.26. The number of nitrogens with zero attached hydrogens (tertiary/aromatic N) is 3. The highest BCUT2D eigenvalue weighted by Crippen LogP contribution is 2.25. The van der Waals surface area contributed by atoms with Crippen LogP contribution in [0.3, 0.4) is 0 Å². The number of ether oxygens (including phenoxy) is 1. The fourth-order valence-electron chi connectivity index (χ4n) is 2.18. The average molecular weight is 327 g/mol. The number of piperidine rings is 1. The van der Waals surface area contributed by atoms with Crippen LogP contribution in [0.15, 0.2) is 17.6 Å². The quantitative estimate of drug-likeness (QED) is 0.629. The molecule has 0 spiro atoms. The zero-order valence-corrected chi connectivity index (χ0v) is 14.0. The summed E-state index contributed by atoms with van der Waals surface area (Å²) in [6, 6.07) is 0. The molecule has 0 unspecified atom stereocenters. The molecule has 0 radical (unpaired) electrons. The maximum Gasteiger partial charge on any atom is 0.410 e. The number of carbonyl (C=O) groups is 1. The SMILES string of the molecule is CC(C)(C)OC(=O)N1CCC(CSc2ncc(F)cn2)CC1. The highest BCUT2D eigenvalue weighted by molar-refractivity contribution is 7.99. The van der Waals surface area contributed by atoms with E-state index in [4.69, 9.17) is 4.74 Å². The predicted octanol–water partition coefficient (Wildman–Crippen LogP) is 3.35. The Morgan fingerprint density at radius 3 is 2.50 bits per heavy atom. The van der Waals surface area contributed by atoms with Crippen molar-refractivity contribution >= 4 is 17.9 Å². The summed E-state index contributed by atoms with van der Waals surface area (Å²) in [5.74, 6) is 0.973. The summed E-state index contributed by atoms with van der Waals surface area (Å²) in [6.45, 7) is 7.04. The van der Waals surface area contributed by atoms with Crippen LogP contribution in [-0.2, 0) is 4.74 Å². The molecule has 1 aromatic rings. The van der Waals surface area contributed by atoms with Gasteiger partial charge >= 0.3 is 6.09 Å². The van der Waals surface area contributed by atoms with Crippen molar-refractivity contribution in [2.75, 3.05) is 18.8 Å². The van der Waals surface area contributed by atoms with Crippen molar-refractivity contribution in [3.63, 3.8) is 0 Å². The third kappa shape index (κ3) is 5.44. The Kier molecular flexibility index (Phi) is 5.61. The molecule has 22 heavy (non-hydrogen) atoms. The smallest absolute Gasteiger partial charge is 0.410 e. The van der Waals surface area contributed by atoms with Crippen molar-refractivity contribution in [1.82, 2.24) is 14.9 Å². The minimum Gasteiger partial charge on any atom is -0.444 e. The summed E-state index contributed by atoms with van der Waals surface area (Å²) >= 11 is 1.53. The Morgan fingerprint density at radius 1 is 1.36 bits per heavy atom. The van der Waals surface area contributed by atoms with Gasteiger partial charge in [0.2, 0.25) is 0 Å². The normalized spacial score (nSPS) is 16.6. The first kappa shape index (κ1) is 17.0. The van der Waals surface area contributed by atoms with Crippen LogP contribution >= 0.6 is 11.8 Å². The lowest BCUT2D eigenvalue weighted by atomic mass is 9.99. The Labute approximate surface area is 134 Å². The first-order valence-corrected chi connectivity index (χ1v) is 8.40. The van der Waals surface area contributed by atoms with E-state index in [2.05, 4.69) is 9.97 Å². The standard InChI is InChI=1S/C15H22FN3O2S/c1-15(2,3)21-14(20)19-6-4-11(5-7-19)10-22-13-17-8-12(16)9-18-13/h8-9,11H,4-7,10H2,1-3H3. The molecule has 1 saturated heterocycles. The fraction of sp³-hybridized carbons (Fsp3) is 0.667. The molecule has 0 bridgehead atoms. The van der Waals surface area contributed by atoms with Gasteiger partial charge in [-0.2, -0.15) is 0 Å². The Bertz CT molecular complexity index is 497. The van der Waals surface area contributed by atoms with Crippen LogP contribution in [0, 0.1) is 11.7 Å². The number of hydrogen-bond donors (Lipinski definition) is 0. The molecule has 2 heterocycles. The number of hydrogen-bond acceptors (Lipinski definition) is 5. The summed E-state index contributed by atoms with van der Waals surface area (Å²) in [7, 11) is 0. The summed E-state index contributed by atoms with van der Waals surface area (Å²) in [6.07, 6.45) is 4.00. The van der Waals surface area contributed by atoms with E-state index in [0.717, 1.165) is 18.6 Å². The molecular formula is C15H22FN3O2S. The zero-order valence-electron chi connectivity index (χ0n) is 13.2. The van der Waals surface area contributed by atoms with Crippen LogP contribution in [-0.4, -0.2) is 45.4 Å². The van der Waals surface area contributed by atoms with Crippen molar-refractivity contribution in [3.8, 4) is 0 Å². The van der Waals surface area contributed by atoms with Gasteiger partial charge in [0.1, 0.15) is 5.60 Å². The molecule has 0 atom stereocenters. The van der Waals surface area contributed by atoms with Crippen molar-refractivity contribution in [3.05, 3.63) is 18.2 Å². The van der Waals surface area contributed by atoms with E-state index < -0.39 is 11.4 Å². The minimum absolute atomic E-state index is 0.236. The van der Waals surface area contributed by atoms with E-state index >= 15 is 0 Å². The first-order valence-electron chi connectivity index (χ1n) is 7.42. The number of carbonyl (C=O) groups excluding carboxylic acids is 1. The van der Waals surface area contributed by atoms with Crippen LogP contribution in [0.2, 0.25) is 0 Å². The number of amides is 1. The molecule has 1 fully saturated rings. The van der Waals surface area contributed by atoms with Crippen LogP contribution in [0.1, 0.15) is 33.6 Å². The van der Waals surface area contributed by atoms with Crippen LogP contribution in [0.4, 0.5) is 9.18 Å². The zero-order chi connectivity index (χ0) is 16.2. The van der Waals surface area contributed by atoms with Gasteiger partial charge < -0.3 is 9.64 Å². The highest BCUT2D eigenvalue weighted by Gasteiger charge is 2.26. The van der Waals surface area contributed by atoms with Crippen molar-refractivity contribution < 1.29 is 13.9 Å². The van der Waals surface area contributed by atoms with Gasteiger partial charge in [-0.05, 0) is 39.5 Å². The molecule has 2 rings (SSSR count). The molecule has 122 valence electrons. The minimum atomic E-state index is -0.455. The van der Waals surface area contributed by atoms with E-state index in [1.54, 1.807) is 4.90 Å². The molecule has 5 nitrogen and oxygen atoms in total.